The second-order valence-electron chi connectivity index (χ2n) is 5.01. The predicted molar refractivity (Wildman–Crippen MR) is 75.9 cm³/mol. The van der Waals surface area contributed by atoms with Crippen molar-refractivity contribution >= 4 is 29.4 Å². The SMILES string of the molecule is CCNc1nc(Cl)nc(N2CCCC3C(=O)NCC32)n1. The Morgan fingerprint density at radius 1 is 1.45 bits per heavy atom. The number of nitrogens with one attached hydrogen (secondary N) is 2. The molecule has 0 radical (unpaired) electrons. The van der Waals surface area contributed by atoms with E-state index in [1.807, 2.05) is 6.92 Å². The van der Waals surface area contributed by atoms with Crippen molar-refractivity contribution in [1.29, 1.82) is 0 Å². The number of nitrogens with zero attached hydrogens (tertiary/aromatic N) is 4. The van der Waals surface area contributed by atoms with E-state index in [0.29, 0.717) is 25.0 Å². The average Bonchev–Trinajstić information content (AvgIpc) is 2.80. The fraction of sp³-hybridized carbons (Fsp3) is 0.667. The van der Waals surface area contributed by atoms with Crippen molar-refractivity contribution in [1.82, 2.24) is 20.3 Å². The highest BCUT2D eigenvalue weighted by Gasteiger charge is 2.41. The van der Waals surface area contributed by atoms with Gasteiger partial charge in [0.25, 0.3) is 0 Å². The molecule has 0 saturated carbocycles. The largest absolute Gasteiger partial charge is 0.354 e. The number of fused-ring (bicyclic) bond motifs is 1. The molecule has 0 spiro atoms. The van der Waals surface area contributed by atoms with E-state index in [1.165, 1.54) is 0 Å². The monoisotopic (exact) mass is 296 g/mol. The summed E-state index contributed by atoms with van der Waals surface area (Å²) >= 11 is 5.97. The Hall–Kier alpha value is -1.63. The number of hydrogen-bond donors (Lipinski definition) is 2. The molecule has 2 aliphatic rings. The highest BCUT2D eigenvalue weighted by Crippen LogP contribution is 2.30. The summed E-state index contributed by atoms with van der Waals surface area (Å²) in [4.78, 5) is 26.5. The molecule has 1 amide bonds. The maximum absolute atomic E-state index is 11.8. The summed E-state index contributed by atoms with van der Waals surface area (Å²) in [5.41, 5.74) is 0. The van der Waals surface area contributed by atoms with Crippen molar-refractivity contribution in [2.45, 2.75) is 25.8 Å². The average molecular weight is 297 g/mol. The zero-order chi connectivity index (χ0) is 14.1. The minimum atomic E-state index is 0.0295. The zero-order valence-electron chi connectivity index (χ0n) is 11.3. The first kappa shape index (κ1) is 13.4. The maximum atomic E-state index is 11.8. The quantitative estimate of drug-likeness (QED) is 0.853. The van der Waals surface area contributed by atoms with Gasteiger partial charge in [0.05, 0.1) is 12.0 Å². The Labute approximate surface area is 122 Å². The lowest BCUT2D eigenvalue weighted by molar-refractivity contribution is -0.123. The fourth-order valence-electron chi connectivity index (χ4n) is 2.91. The Balaban J connectivity index is 1.89. The van der Waals surface area contributed by atoms with Crippen molar-refractivity contribution in [2.75, 3.05) is 29.9 Å². The molecule has 0 bridgehead atoms. The summed E-state index contributed by atoms with van der Waals surface area (Å²) in [6.07, 6.45) is 1.88. The third-order valence-electron chi connectivity index (χ3n) is 3.79. The molecule has 20 heavy (non-hydrogen) atoms. The van der Waals surface area contributed by atoms with Crippen LogP contribution in [0.2, 0.25) is 5.28 Å². The van der Waals surface area contributed by atoms with Crippen LogP contribution in [0.1, 0.15) is 19.8 Å². The van der Waals surface area contributed by atoms with Gasteiger partial charge in [0.2, 0.25) is 23.1 Å². The summed E-state index contributed by atoms with van der Waals surface area (Å²) in [6.45, 7) is 4.16. The third kappa shape index (κ3) is 2.37. The van der Waals surface area contributed by atoms with Crippen molar-refractivity contribution in [2.24, 2.45) is 5.92 Å². The Bertz CT molecular complexity index is 525. The van der Waals surface area contributed by atoms with Gasteiger partial charge in [-0.1, -0.05) is 0 Å². The highest BCUT2D eigenvalue weighted by molar-refractivity contribution is 6.28. The molecule has 1 aromatic heterocycles. The first-order valence-corrected chi connectivity index (χ1v) is 7.26. The number of carbonyl (C=O) groups is 1. The van der Waals surface area contributed by atoms with Crippen LogP contribution in [0.5, 0.6) is 0 Å². The molecule has 3 heterocycles. The van der Waals surface area contributed by atoms with Crippen LogP contribution in [-0.4, -0.2) is 46.5 Å². The van der Waals surface area contributed by atoms with Crippen molar-refractivity contribution in [3.63, 3.8) is 0 Å². The zero-order valence-corrected chi connectivity index (χ0v) is 12.0. The smallest absolute Gasteiger partial charge is 0.231 e. The highest BCUT2D eigenvalue weighted by atomic mass is 35.5. The summed E-state index contributed by atoms with van der Waals surface area (Å²) in [5.74, 6) is 1.18. The molecular weight excluding hydrogens is 280 g/mol. The van der Waals surface area contributed by atoms with E-state index in [1.54, 1.807) is 0 Å². The number of halogens is 1. The van der Waals surface area contributed by atoms with Gasteiger partial charge in [-0.3, -0.25) is 4.79 Å². The van der Waals surface area contributed by atoms with E-state index in [2.05, 4.69) is 30.5 Å². The van der Waals surface area contributed by atoms with Gasteiger partial charge in [0.1, 0.15) is 0 Å². The molecular formula is C12H17ClN6O. The lowest BCUT2D eigenvalue weighted by Crippen LogP contribution is -2.46. The fourth-order valence-corrected chi connectivity index (χ4v) is 3.06. The first-order chi connectivity index (χ1) is 9.69. The molecule has 2 fully saturated rings. The van der Waals surface area contributed by atoms with Gasteiger partial charge in [-0.05, 0) is 31.4 Å². The maximum Gasteiger partial charge on any atom is 0.231 e. The molecule has 3 rings (SSSR count). The first-order valence-electron chi connectivity index (χ1n) is 6.89. The van der Waals surface area contributed by atoms with Gasteiger partial charge in [0, 0.05) is 19.6 Å². The molecule has 7 nitrogen and oxygen atoms in total. The molecule has 1 aromatic rings. The van der Waals surface area contributed by atoms with Gasteiger partial charge in [-0.25, -0.2) is 0 Å². The number of anilines is 2. The van der Waals surface area contributed by atoms with Crippen LogP contribution in [0, 0.1) is 5.92 Å². The normalized spacial score (nSPS) is 25.3. The summed E-state index contributed by atoms with van der Waals surface area (Å²) < 4.78 is 0. The van der Waals surface area contributed by atoms with Crippen LogP contribution < -0.4 is 15.5 Å². The Morgan fingerprint density at radius 3 is 3.10 bits per heavy atom. The number of hydrogen-bond acceptors (Lipinski definition) is 6. The molecule has 2 atom stereocenters. The van der Waals surface area contributed by atoms with E-state index >= 15 is 0 Å². The van der Waals surface area contributed by atoms with Crippen LogP contribution in [0.25, 0.3) is 0 Å². The van der Waals surface area contributed by atoms with Crippen LogP contribution >= 0.6 is 11.6 Å². The van der Waals surface area contributed by atoms with Gasteiger partial charge < -0.3 is 15.5 Å². The molecule has 2 N–H and O–H groups in total. The van der Waals surface area contributed by atoms with Crippen LogP contribution in [0.4, 0.5) is 11.9 Å². The Morgan fingerprint density at radius 2 is 2.30 bits per heavy atom. The van der Waals surface area contributed by atoms with E-state index in [-0.39, 0.29) is 23.2 Å². The number of amides is 1. The minimum Gasteiger partial charge on any atom is -0.354 e. The molecule has 8 heteroatoms. The summed E-state index contributed by atoms with van der Waals surface area (Å²) in [6, 6.07) is 0.115. The molecule has 108 valence electrons. The van der Waals surface area contributed by atoms with Crippen molar-refractivity contribution in [3.8, 4) is 0 Å². The van der Waals surface area contributed by atoms with Gasteiger partial charge in [-0.2, -0.15) is 15.0 Å². The lowest BCUT2D eigenvalue weighted by atomic mass is 9.92. The third-order valence-corrected chi connectivity index (χ3v) is 3.96. The van der Waals surface area contributed by atoms with Gasteiger partial charge in [-0.15, -0.1) is 0 Å². The second kappa shape index (κ2) is 5.40. The van der Waals surface area contributed by atoms with Crippen LogP contribution in [-0.2, 0) is 4.79 Å². The van der Waals surface area contributed by atoms with Crippen molar-refractivity contribution in [3.05, 3.63) is 5.28 Å². The second-order valence-corrected chi connectivity index (χ2v) is 5.35. The number of rotatable bonds is 3. The number of piperidine rings is 1. The topological polar surface area (TPSA) is 83.0 Å². The molecule has 2 aliphatic heterocycles. The van der Waals surface area contributed by atoms with E-state index in [9.17, 15) is 4.79 Å². The van der Waals surface area contributed by atoms with E-state index < -0.39 is 0 Å². The minimum absolute atomic E-state index is 0.0295. The predicted octanol–water partition coefficient (Wildman–Crippen LogP) is 0.672. The van der Waals surface area contributed by atoms with Gasteiger partial charge in [0.15, 0.2) is 0 Å². The molecule has 0 aromatic carbocycles. The summed E-state index contributed by atoms with van der Waals surface area (Å²) in [7, 11) is 0. The van der Waals surface area contributed by atoms with Crippen LogP contribution in [0.15, 0.2) is 0 Å². The number of carbonyl (C=O) groups excluding carboxylic acids is 1. The van der Waals surface area contributed by atoms with E-state index in [4.69, 9.17) is 11.6 Å². The van der Waals surface area contributed by atoms with Crippen LogP contribution in [0.3, 0.4) is 0 Å². The molecule has 2 saturated heterocycles. The summed E-state index contributed by atoms with van der Waals surface area (Å²) in [5, 5.41) is 6.13. The molecule has 0 aliphatic carbocycles. The van der Waals surface area contributed by atoms with E-state index in [0.717, 1.165) is 19.4 Å². The Kier molecular flexibility index (Phi) is 3.60. The standard InChI is InChI=1S/C12H17ClN6O/c1-2-14-11-16-10(13)17-12(18-11)19-5-3-4-7-8(19)6-15-9(7)20/h7-8H,2-6H2,1H3,(H,15,20)(H,14,16,17,18). The lowest BCUT2D eigenvalue weighted by Gasteiger charge is -2.35. The van der Waals surface area contributed by atoms with Gasteiger partial charge >= 0.3 is 0 Å². The van der Waals surface area contributed by atoms with Crippen molar-refractivity contribution < 1.29 is 4.79 Å². The number of aromatic nitrogens is 3. The molecule has 2 unspecified atom stereocenters.